The van der Waals surface area contributed by atoms with Crippen molar-refractivity contribution in [3.63, 3.8) is 0 Å². The van der Waals surface area contributed by atoms with Gasteiger partial charge in [-0.1, -0.05) is 31.1 Å². The van der Waals surface area contributed by atoms with E-state index in [4.69, 9.17) is 9.47 Å². The zero-order chi connectivity index (χ0) is 29.4. The normalized spacial score (nSPS) is 16.6. The maximum absolute atomic E-state index is 13.2. The molecule has 0 saturated carbocycles. The van der Waals surface area contributed by atoms with Crippen LogP contribution in [-0.2, 0) is 22.6 Å². The molecule has 0 atom stereocenters. The number of nitro benzene ring substituents is 1. The molecule has 11 heteroatoms. The maximum atomic E-state index is 13.2. The highest BCUT2D eigenvalue weighted by atomic mass is 32.2. The van der Waals surface area contributed by atoms with Gasteiger partial charge < -0.3 is 14.4 Å². The smallest absolute Gasteiger partial charge is 0.294 e. The molecule has 0 unspecified atom stereocenters. The van der Waals surface area contributed by atoms with Gasteiger partial charge in [-0.3, -0.25) is 29.4 Å². The van der Waals surface area contributed by atoms with Crippen LogP contribution in [0, 0.1) is 10.1 Å². The molecule has 2 aromatic carbocycles. The van der Waals surface area contributed by atoms with Crippen LogP contribution >= 0.6 is 11.8 Å². The molecule has 2 aromatic rings. The lowest BCUT2D eigenvalue weighted by atomic mass is 10.0. The molecule has 2 saturated heterocycles. The van der Waals surface area contributed by atoms with Gasteiger partial charge in [0.15, 0.2) is 11.5 Å². The van der Waals surface area contributed by atoms with E-state index in [-0.39, 0.29) is 29.7 Å². The molecule has 0 N–H and O–H groups in total. The minimum absolute atomic E-state index is 0.0279. The quantitative estimate of drug-likeness (QED) is 0.143. The molecule has 4 rings (SSSR count). The molecule has 2 fully saturated rings. The van der Waals surface area contributed by atoms with E-state index in [1.165, 1.54) is 12.1 Å². The Hall–Kier alpha value is -4.12. The van der Waals surface area contributed by atoms with E-state index in [2.05, 4.69) is 6.58 Å². The number of nitrogens with zero attached hydrogens (tertiary/aromatic N) is 3. The van der Waals surface area contributed by atoms with Gasteiger partial charge in [-0.2, -0.15) is 0 Å². The lowest BCUT2D eigenvalue weighted by molar-refractivity contribution is -0.384. The first kappa shape index (κ1) is 29.9. The fourth-order valence-corrected chi connectivity index (χ4v) is 5.60. The predicted molar refractivity (Wildman–Crippen MR) is 157 cm³/mol. The number of allylic oxidation sites excluding steroid dienone is 1. The number of imide groups is 1. The number of benzene rings is 2. The Morgan fingerprint density at radius 1 is 1.12 bits per heavy atom. The Morgan fingerprint density at radius 2 is 1.88 bits per heavy atom. The Balaban J connectivity index is 1.56. The average Bonchev–Trinajstić information content (AvgIpc) is 3.12. The number of hydrogen-bond donors (Lipinski definition) is 0. The topological polar surface area (TPSA) is 119 Å². The van der Waals surface area contributed by atoms with Crippen molar-refractivity contribution in [2.75, 3.05) is 26.2 Å². The summed E-state index contributed by atoms with van der Waals surface area (Å²) in [4.78, 5) is 52.3. The third-order valence-corrected chi connectivity index (χ3v) is 7.65. The summed E-state index contributed by atoms with van der Waals surface area (Å²) in [6, 6.07) is 9.75. The lowest BCUT2D eigenvalue weighted by Gasteiger charge is -2.22. The van der Waals surface area contributed by atoms with Crippen LogP contribution in [0.15, 0.2) is 54.0 Å². The molecule has 41 heavy (non-hydrogen) atoms. The first-order valence-electron chi connectivity index (χ1n) is 13.6. The number of non-ortho nitro benzene ring substituents is 1. The molecule has 216 valence electrons. The Morgan fingerprint density at radius 3 is 2.56 bits per heavy atom. The number of ether oxygens (including phenoxy) is 2. The molecule has 10 nitrogen and oxygen atoms in total. The van der Waals surface area contributed by atoms with Crippen LogP contribution in [-0.4, -0.2) is 58.0 Å². The van der Waals surface area contributed by atoms with Crippen LogP contribution in [0.4, 0.5) is 10.5 Å². The van der Waals surface area contributed by atoms with Crippen molar-refractivity contribution in [2.24, 2.45) is 0 Å². The summed E-state index contributed by atoms with van der Waals surface area (Å²) >= 11 is 0.804. The molecule has 0 radical (unpaired) electrons. The molecule has 2 heterocycles. The summed E-state index contributed by atoms with van der Waals surface area (Å²) in [6.45, 7) is 7.11. The number of carbonyl (C=O) groups excluding carboxylic acids is 3. The SMILES string of the molecule is C=CCc1cc(C=C2SC(=O)N(CC(=O)N3CCCCCC3)C2=O)cc(OCC)c1OCc1cccc([N+](=O)[O-])c1. The van der Waals surface area contributed by atoms with Crippen LogP contribution in [0.5, 0.6) is 11.5 Å². The van der Waals surface area contributed by atoms with Crippen molar-refractivity contribution in [3.8, 4) is 11.5 Å². The minimum Gasteiger partial charge on any atom is -0.490 e. The molecule has 0 aromatic heterocycles. The van der Waals surface area contributed by atoms with E-state index in [9.17, 15) is 24.5 Å². The van der Waals surface area contributed by atoms with Gasteiger partial charge in [0.05, 0.1) is 16.4 Å². The third-order valence-electron chi connectivity index (χ3n) is 6.75. The van der Waals surface area contributed by atoms with E-state index in [1.54, 1.807) is 35.3 Å². The van der Waals surface area contributed by atoms with Crippen molar-refractivity contribution in [1.29, 1.82) is 0 Å². The van der Waals surface area contributed by atoms with E-state index in [0.29, 0.717) is 48.7 Å². The Labute approximate surface area is 243 Å². The third kappa shape index (κ3) is 7.55. The van der Waals surface area contributed by atoms with Gasteiger partial charge in [0.2, 0.25) is 5.91 Å². The van der Waals surface area contributed by atoms with E-state index < -0.39 is 16.1 Å². The van der Waals surface area contributed by atoms with Crippen molar-refractivity contribution < 1.29 is 28.8 Å². The fraction of sp³-hybridized carbons (Fsp3) is 0.367. The van der Waals surface area contributed by atoms with Crippen LogP contribution in [0.3, 0.4) is 0 Å². The number of likely N-dealkylation sites (tertiary alicyclic amines) is 1. The second-order valence-corrected chi connectivity index (χ2v) is 10.7. The van der Waals surface area contributed by atoms with Gasteiger partial charge in [-0.25, -0.2) is 0 Å². The number of carbonyl (C=O) groups is 3. The van der Waals surface area contributed by atoms with Crippen LogP contribution in [0.25, 0.3) is 6.08 Å². The molecular formula is C30H33N3O7S. The first-order chi connectivity index (χ1) is 19.8. The first-order valence-corrected chi connectivity index (χ1v) is 14.4. The molecule has 0 aliphatic carbocycles. The molecule has 3 amide bonds. The molecular weight excluding hydrogens is 546 g/mol. The minimum atomic E-state index is -0.502. The summed E-state index contributed by atoms with van der Waals surface area (Å²) < 4.78 is 12.0. The molecule has 0 spiro atoms. The number of hydrogen-bond acceptors (Lipinski definition) is 8. The highest BCUT2D eigenvalue weighted by molar-refractivity contribution is 8.18. The van der Waals surface area contributed by atoms with Gasteiger partial charge >= 0.3 is 0 Å². The lowest BCUT2D eigenvalue weighted by Crippen LogP contribution is -2.42. The molecule has 2 aliphatic rings. The predicted octanol–water partition coefficient (Wildman–Crippen LogP) is 5.74. The maximum Gasteiger partial charge on any atom is 0.294 e. The Bertz CT molecular complexity index is 1370. The van der Waals surface area contributed by atoms with E-state index >= 15 is 0 Å². The van der Waals surface area contributed by atoms with Gasteiger partial charge in [-0.15, -0.1) is 6.58 Å². The fourth-order valence-electron chi connectivity index (χ4n) is 4.76. The number of rotatable bonds is 11. The van der Waals surface area contributed by atoms with Gasteiger partial charge in [0, 0.05) is 30.8 Å². The highest BCUT2D eigenvalue weighted by Crippen LogP contribution is 2.38. The highest BCUT2D eigenvalue weighted by Gasteiger charge is 2.37. The van der Waals surface area contributed by atoms with Crippen LogP contribution in [0.1, 0.15) is 49.3 Å². The molecule has 2 aliphatic heterocycles. The largest absolute Gasteiger partial charge is 0.490 e. The van der Waals surface area contributed by atoms with Gasteiger partial charge in [-0.05, 0) is 67.3 Å². The summed E-state index contributed by atoms with van der Waals surface area (Å²) in [5.74, 6) is 0.177. The van der Waals surface area contributed by atoms with Crippen molar-refractivity contribution in [1.82, 2.24) is 9.80 Å². The average molecular weight is 580 g/mol. The van der Waals surface area contributed by atoms with Gasteiger partial charge in [0.25, 0.3) is 16.8 Å². The second-order valence-electron chi connectivity index (χ2n) is 9.71. The van der Waals surface area contributed by atoms with Crippen LogP contribution < -0.4 is 9.47 Å². The standard InChI is InChI=1S/C30H33N3O7S/c1-3-10-23-15-22(17-25(39-4-2)28(23)40-20-21-11-9-12-24(16-21)33(37)38)18-26-29(35)32(30(36)41-26)19-27(34)31-13-7-5-6-8-14-31/h3,9,11-12,15-18H,1,4-8,10,13-14,19-20H2,2H3. The van der Waals surface area contributed by atoms with Crippen molar-refractivity contribution >= 4 is 40.6 Å². The van der Waals surface area contributed by atoms with E-state index in [0.717, 1.165) is 47.9 Å². The molecule has 0 bridgehead atoms. The summed E-state index contributed by atoms with van der Waals surface area (Å²) in [7, 11) is 0. The zero-order valence-electron chi connectivity index (χ0n) is 23.0. The summed E-state index contributed by atoms with van der Waals surface area (Å²) in [5.41, 5.74) is 1.95. The van der Waals surface area contributed by atoms with Crippen molar-refractivity contribution in [2.45, 2.75) is 45.6 Å². The monoisotopic (exact) mass is 579 g/mol. The van der Waals surface area contributed by atoms with Crippen LogP contribution in [0.2, 0.25) is 0 Å². The summed E-state index contributed by atoms with van der Waals surface area (Å²) in [6.07, 6.45) is 7.74. The zero-order valence-corrected chi connectivity index (χ0v) is 23.8. The number of nitro groups is 1. The van der Waals surface area contributed by atoms with Crippen molar-refractivity contribution in [3.05, 3.63) is 80.8 Å². The van der Waals surface area contributed by atoms with E-state index in [1.807, 2.05) is 13.0 Å². The Kier molecular flexibility index (Phi) is 10.2. The number of amides is 3. The summed E-state index contributed by atoms with van der Waals surface area (Å²) in [5, 5.41) is 10.7. The second kappa shape index (κ2) is 14.0. The van der Waals surface area contributed by atoms with Gasteiger partial charge in [0.1, 0.15) is 13.2 Å². The number of thioether (sulfide) groups is 1.